The largest absolute Gasteiger partial charge is 0.368 e. The fraction of sp³-hybridized carbons (Fsp3) is 0.500. The van der Waals surface area contributed by atoms with Crippen LogP contribution in [0.3, 0.4) is 0 Å². The van der Waals surface area contributed by atoms with Gasteiger partial charge in [0.1, 0.15) is 12.1 Å². The summed E-state index contributed by atoms with van der Waals surface area (Å²) in [5, 5.41) is 0. The maximum absolute atomic E-state index is 11.0. The number of anilines is 1. The number of hydrogen-bond acceptors (Lipinski definition) is 4. The molecule has 0 bridgehead atoms. The van der Waals surface area contributed by atoms with Gasteiger partial charge in [-0.3, -0.25) is 4.79 Å². The molecule has 88 valence electrons. The quantitative estimate of drug-likeness (QED) is 0.817. The predicted molar refractivity (Wildman–Crippen MR) is 71.0 cm³/mol. The zero-order chi connectivity index (χ0) is 12.1. The van der Waals surface area contributed by atoms with Crippen molar-refractivity contribution in [2.75, 3.05) is 18.0 Å². The van der Waals surface area contributed by atoms with E-state index in [2.05, 4.69) is 46.4 Å². The fourth-order valence-corrected chi connectivity index (χ4v) is 2.03. The number of hydrogen-bond donors (Lipinski definition) is 1. The Balaban J connectivity index is 2.91. The van der Waals surface area contributed by atoms with Gasteiger partial charge in [-0.1, -0.05) is 13.8 Å². The third-order valence-corrected chi connectivity index (χ3v) is 2.64. The van der Waals surface area contributed by atoms with Crippen molar-refractivity contribution in [1.29, 1.82) is 0 Å². The topological polar surface area (TPSA) is 72.1 Å². The lowest BCUT2D eigenvalue weighted by atomic mass is 10.2. The third kappa shape index (κ3) is 3.92. The van der Waals surface area contributed by atoms with E-state index in [0.29, 0.717) is 5.92 Å². The maximum atomic E-state index is 11.0. The highest BCUT2D eigenvalue weighted by atomic mass is 127. The minimum Gasteiger partial charge on any atom is -0.368 e. The van der Waals surface area contributed by atoms with Gasteiger partial charge in [0.2, 0.25) is 5.91 Å². The normalized spacial score (nSPS) is 10.5. The summed E-state index contributed by atoms with van der Waals surface area (Å²) < 4.78 is 0.919. The van der Waals surface area contributed by atoms with Crippen LogP contribution in [-0.4, -0.2) is 29.0 Å². The van der Waals surface area contributed by atoms with E-state index in [1.54, 1.807) is 6.20 Å². The molecule has 0 aliphatic rings. The number of nitrogens with two attached hydrogens (primary N) is 1. The van der Waals surface area contributed by atoms with E-state index in [1.165, 1.54) is 6.33 Å². The summed E-state index contributed by atoms with van der Waals surface area (Å²) in [6.07, 6.45) is 3.20. The molecule has 0 atom stereocenters. The number of amides is 1. The predicted octanol–water partition coefficient (Wildman–Crippen LogP) is 1.03. The molecule has 0 unspecified atom stereocenters. The minimum atomic E-state index is -0.352. The number of halogens is 1. The zero-order valence-corrected chi connectivity index (χ0v) is 11.5. The molecular weight excluding hydrogens is 319 g/mol. The molecule has 0 radical (unpaired) electrons. The summed E-state index contributed by atoms with van der Waals surface area (Å²) >= 11 is 2.15. The van der Waals surface area contributed by atoms with E-state index in [0.717, 1.165) is 15.9 Å². The van der Waals surface area contributed by atoms with Gasteiger partial charge < -0.3 is 10.6 Å². The van der Waals surface area contributed by atoms with E-state index in [4.69, 9.17) is 5.73 Å². The molecule has 1 aromatic heterocycles. The van der Waals surface area contributed by atoms with Crippen LogP contribution in [0.4, 0.5) is 5.82 Å². The monoisotopic (exact) mass is 334 g/mol. The van der Waals surface area contributed by atoms with Gasteiger partial charge in [0, 0.05) is 12.7 Å². The van der Waals surface area contributed by atoms with Crippen molar-refractivity contribution in [3.05, 3.63) is 16.1 Å². The Bertz CT molecular complexity index is 370. The highest BCUT2D eigenvalue weighted by Crippen LogP contribution is 2.18. The second-order valence-electron chi connectivity index (χ2n) is 3.93. The summed E-state index contributed by atoms with van der Waals surface area (Å²) in [5.74, 6) is 0.850. The molecule has 0 aliphatic heterocycles. The molecule has 5 nitrogen and oxygen atoms in total. The van der Waals surface area contributed by atoms with Gasteiger partial charge in [0.15, 0.2) is 0 Å². The average molecular weight is 334 g/mol. The SMILES string of the molecule is CC(C)CN(CC(N)=O)c1ncncc1I. The summed E-state index contributed by atoms with van der Waals surface area (Å²) in [6.45, 7) is 5.10. The summed E-state index contributed by atoms with van der Waals surface area (Å²) in [5.41, 5.74) is 5.23. The van der Waals surface area contributed by atoms with Crippen molar-refractivity contribution in [2.24, 2.45) is 11.7 Å². The van der Waals surface area contributed by atoms with E-state index >= 15 is 0 Å². The lowest BCUT2D eigenvalue weighted by molar-refractivity contribution is -0.116. The maximum Gasteiger partial charge on any atom is 0.236 e. The van der Waals surface area contributed by atoms with Gasteiger partial charge >= 0.3 is 0 Å². The highest BCUT2D eigenvalue weighted by Gasteiger charge is 2.15. The number of aromatic nitrogens is 2. The third-order valence-electron chi connectivity index (χ3n) is 1.88. The Hall–Kier alpha value is -0.920. The Labute approximate surface area is 109 Å². The Kier molecular flexibility index (Phi) is 4.91. The number of nitrogens with zero attached hydrogens (tertiary/aromatic N) is 3. The Morgan fingerprint density at radius 2 is 2.31 bits per heavy atom. The van der Waals surface area contributed by atoms with Crippen LogP contribution < -0.4 is 10.6 Å². The van der Waals surface area contributed by atoms with Crippen molar-refractivity contribution >= 4 is 34.3 Å². The molecule has 1 heterocycles. The number of carbonyl (C=O) groups excluding carboxylic acids is 1. The molecule has 16 heavy (non-hydrogen) atoms. The van der Waals surface area contributed by atoms with Gasteiger partial charge in [-0.15, -0.1) is 0 Å². The van der Waals surface area contributed by atoms with Crippen molar-refractivity contribution in [3.63, 3.8) is 0 Å². The lowest BCUT2D eigenvalue weighted by Crippen LogP contribution is -2.37. The molecule has 0 saturated heterocycles. The van der Waals surface area contributed by atoms with Crippen LogP contribution >= 0.6 is 22.6 Å². The van der Waals surface area contributed by atoms with E-state index < -0.39 is 0 Å². The first-order valence-electron chi connectivity index (χ1n) is 4.99. The summed E-state index contributed by atoms with van der Waals surface area (Å²) in [6, 6.07) is 0. The molecular formula is C10H15IN4O. The van der Waals surface area contributed by atoms with E-state index in [-0.39, 0.29) is 12.5 Å². The van der Waals surface area contributed by atoms with Crippen molar-refractivity contribution in [1.82, 2.24) is 9.97 Å². The summed E-state index contributed by atoms with van der Waals surface area (Å²) in [7, 11) is 0. The van der Waals surface area contributed by atoms with Crippen LogP contribution in [-0.2, 0) is 4.79 Å². The minimum absolute atomic E-state index is 0.186. The molecule has 2 N–H and O–H groups in total. The second-order valence-corrected chi connectivity index (χ2v) is 5.10. The molecule has 1 aromatic rings. The molecule has 6 heteroatoms. The lowest BCUT2D eigenvalue weighted by Gasteiger charge is -2.24. The number of rotatable bonds is 5. The van der Waals surface area contributed by atoms with Gasteiger partial charge in [-0.2, -0.15) is 0 Å². The Morgan fingerprint density at radius 3 is 2.81 bits per heavy atom. The molecule has 0 saturated carbocycles. The van der Waals surface area contributed by atoms with Crippen molar-refractivity contribution in [2.45, 2.75) is 13.8 Å². The van der Waals surface area contributed by atoms with E-state index in [1.807, 2.05) is 4.90 Å². The number of carbonyl (C=O) groups is 1. The van der Waals surface area contributed by atoms with Crippen molar-refractivity contribution in [3.8, 4) is 0 Å². The van der Waals surface area contributed by atoms with Crippen molar-refractivity contribution < 1.29 is 4.79 Å². The van der Waals surface area contributed by atoms with Crippen LogP contribution in [0, 0.1) is 9.49 Å². The fourth-order valence-electron chi connectivity index (χ4n) is 1.39. The molecule has 0 spiro atoms. The summed E-state index contributed by atoms with van der Waals surface area (Å²) in [4.78, 5) is 21.0. The van der Waals surface area contributed by atoms with Crippen LogP contribution in [0.5, 0.6) is 0 Å². The van der Waals surface area contributed by atoms with Crippen LogP contribution in [0.2, 0.25) is 0 Å². The average Bonchev–Trinajstić information content (AvgIpc) is 2.15. The van der Waals surface area contributed by atoms with Crippen LogP contribution in [0.25, 0.3) is 0 Å². The molecule has 0 aliphatic carbocycles. The standard InChI is InChI=1S/C10H15IN4O/c1-7(2)4-15(5-9(12)16)10-8(11)3-13-6-14-10/h3,6-7H,4-5H2,1-2H3,(H2,12,16). The van der Waals surface area contributed by atoms with Crippen LogP contribution in [0.1, 0.15) is 13.8 Å². The van der Waals surface area contributed by atoms with Gasteiger partial charge in [-0.25, -0.2) is 9.97 Å². The first kappa shape index (κ1) is 13.1. The van der Waals surface area contributed by atoms with E-state index in [9.17, 15) is 4.79 Å². The van der Waals surface area contributed by atoms with Crippen LogP contribution in [0.15, 0.2) is 12.5 Å². The molecule has 1 rings (SSSR count). The molecule has 0 fully saturated rings. The van der Waals surface area contributed by atoms with Gasteiger partial charge in [-0.05, 0) is 28.5 Å². The first-order valence-corrected chi connectivity index (χ1v) is 6.07. The number of primary amides is 1. The molecule has 0 aromatic carbocycles. The smallest absolute Gasteiger partial charge is 0.236 e. The first-order chi connectivity index (χ1) is 7.50. The van der Waals surface area contributed by atoms with Gasteiger partial charge in [0.05, 0.1) is 10.1 Å². The zero-order valence-electron chi connectivity index (χ0n) is 9.35. The highest BCUT2D eigenvalue weighted by molar-refractivity contribution is 14.1. The Morgan fingerprint density at radius 1 is 1.62 bits per heavy atom. The molecule has 1 amide bonds. The second kappa shape index (κ2) is 5.97. The van der Waals surface area contributed by atoms with Gasteiger partial charge in [0.25, 0.3) is 0 Å².